The van der Waals surface area contributed by atoms with Crippen molar-refractivity contribution >= 4 is 12.8 Å². The largest absolute Gasteiger partial charge is 0.281 e. The monoisotopic (exact) mass is 263 g/mol. The van der Waals surface area contributed by atoms with Crippen molar-refractivity contribution in [2.75, 3.05) is 0 Å². The SMILES string of the molecule is F.F.F.NS.c1ccc(-c2ccccc2)cc1. The van der Waals surface area contributed by atoms with Crippen LogP contribution in [0.3, 0.4) is 0 Å². The molecule has 0 unspecified atom stereocenters. The molecule has 0 aliphatic rings. The topological polar surface area (TPSA) is 26.0 Å². The van der Waals surface area contributed by atoms with Gasteiger partial charge >= 0.3 is 0 Å². The molecule has 0 saturated carbocycles. The molecule has 0 aliphatic heterocycles. The Hall–Kier alpha value is -1.46. The fourth-order valence-corrected chi connectivity index (χ4v) is 1.26. The number of rotatable bonds is 1. The van der Waals surface area contributed by atoms with E-state index >= 15 is 0 Å². The molecule has 2 aromatic rings. The van der Waals surface area contributed by atoms with Gasteiger partial charge in [-0.3, -0.25) is 19.3 Å². The fraction of sp³-hybridized carbons (Fsp3) is 0. The summed E-state index contributed by atoms with van der Waals surface area (Å²) in [6, 6.07) is 20.8. The van der Waals surface area contributed by atoms with Gasteiger partial charge in [-0.15, -0.1) is 12.8 Å². The lowest BCUT2D eigenvalue weighted by Gasteiger charge is -1.98. The van der Waals surface area contributed by atoms with Gasteiger partial charge in [0.05, 0.1) is 0 Å². The zero-order valence-electron chi connectivity index (χ0n) is 9.02. The summed E-state index contributed by atoms with van der Waals surface area (Å²) in [5, 5.41) is 4.19. The summed E-state index contributed by atoms with van der Waals surface area (Å²) in [7, 11) is 0. The predicted molar refractivity (Wildman–Crippen MR) is 72.6 cm³/mol. The number of benzene rings is 2. The van der Waals surface area contributed by atoms with Crippen LogP contribution in [0, 0.1) is 0 Å². The first-order chi connectivity index (χ1) is 6.97. The lowest BCUT2D eigenvalue weighted by molar-refractivity contribution is 1.11. The first kappa shape index (κ1) is 20.9. The van der Waals surface area contributed by atoms with Crippen LogP contribution in [0.1, 0.15) is 0 Å². The Morgan fingerprint density at radius 2 is 0.765 bits per heavy atom. The van der Waals surface area contributed by atoms with Crippen LogP contribution in [0.5, 0.6) is 0 Å². The normalized spacial score (nSPS) is 7.18. The molecular formula is C12H16F3NS. The second-order valence-electron chi connectivity index (χ2n) is 2.73. The van der Waals surface area contributed by atoms with Crippen LogP contribution in [0.4, 0.5) is 14.1 Å². The Morgan fingerprint density at radius 1 is 0.529 bits per heavy atom. The van der Waals surface area contributed by atoms with Crippen LogP contribution in [0.2, 0.25) is 0 Å². The van der Waals surface area contributed by atoms with Gasteiger partial charge in [-0.1, -0.05) is 60.7 Å². The molecule has 2 N–H and O–H groups in total. The minimum Gasteiger partial charge on any atom is -0.281 e. The number of hydrogen-bond donors (Lipinski definition) is 2. The molecule has 0 spiro atoms. The summed E-state index contributed by atoms with van der Waals surface area (Å²) in [6.45, 7) is 0. The first-order valence-corrected chi connectivity index (χ1v) is 4.85. The van der Waals surface area contributed by atoms with Crippen molar-refractivity contribution in [2.45, 2.75) is 0 Å². The minimum absolute atomic E-state index is 0. The maximum atomic E-state index is 4.19. The predicted octanol–water partition coefficient (Wildman–Crippen LogP) is 3.60. The van der Waals surface area contributed by atoms with E-state index in [1.54, 1.807) is 0 Å². The molecule has 0 aliphatic carbocycles. The third kappa shape index (κ3) is 6.65. The van der Waals surface area contributed by atoms with E-state index in [4.69, 9.17) is 0 Å². The Labute approximate surface area is 104 Å². The van der Waals surface area contributed by atoms with Gasteiger partial charge < -0.3 is 0 Å². The van der Waals surface area contributed by atoms with Crippen LogP contribution in [0.15, 0.2) is 60.7 Å². The van der Waals surface area contributed by atoms with Gasteiger partial charge in [0.15, 0.2) is 0 Å². The molecule has 0 aromatic heterocycles. The zero-order valence-corrected chi connectivity index (χ0v) is 9.92. The molecule has 1 nitrogen and oxygen atoms in total. The highest BCUT2D eigenvalue weighted by atomic mass is 32.1. The molecule has 0 heterocycles. The van der Waals surface area contributed by atoms with Crippen molar-refractivity contribution in [1.82, 2.24) is 0 Å². The molecule has 17 heavy (non-hydrogen) atoms. The number of hydrogen-bond acceptors (Lipinski definition) is 2. The highest BCUT2D eigenvalue weighted by molar-refractivity contribution is 7.77. The van der Waals surface area contributed by atoms with Gasteiger partial charge in [0.2, 0.25) is 0 Å². The smallest absolute Gasteiger partial charge is 0.0184 e. The van der Waals surface area contributed by atoms with Gasteiger partial charge in [-0.05, 0) is 11.1 Å². The molecule has 0 amide bonds. The average Bonchev–Trinajstić information content (AvgIpc) is 2.34. The van der Waals surface area contributed by atoms with Crippen molar-refractivity contribution in [2.24, 2.45) is 5.14 Å². The van der Waals surface area contributed by atoms with Crippen LogP contribution < -0.4 is 5.14 Å². The molecule has 96 valence electrons. The molecule has 2 aromatic carbocycles. The van der Waals surface area contributed by atoms with Crippen LogP contribution in [-0.4, -0.2) is 0 Å². The van der Waals surface area contributed by atoms with Gasteiger partial charge in [-0.2, -0.15) is 0 Å². The Balaban J connectivity index is -0.000000373. The zero-order chi connectivity index (χ0) is 10.2. The minimum atomic E-state index is 0. The fourth-order valence-electron chi connectivity index (χ4n) is 1.26. The molecule has 0 fully saturated rings. The number of halogens is 3. The van der Waals surface area contributed by atoms with E-state index in [1.807, 2.05) is 12.1 Å². The second kappa shape index (κ2) is 12.6. The van der Waals surface area contributed by atoms with Crippen LogP contribution in [0.25, 0.3) is 11.1 Å². The van der Waals surface area contributed by atoms with E-state index in [0.29, 0.717) is 0 Å². The first-order valence-electron chi connectivity index (χ1n) is 4.33. The molecular weight excluding hydrogens is 247 g/mol. The van der Waals surface area contributed by atoms with E-state index in [-0.39, 0.29) is 14.1 Å². The summed E-state index contributed by atoms with van der Waals surface area (Å²) >= 11 is 3.03. The standard InChI is InChI=1S/C12H10.3FH.H3NS/c1-3-7-11(8-4-1)12-9-5-2-6-10-12;;;;1-2/h1-10H;3*1H;2H,1H2. The van der Waals surface area contributed by atoms with E-state index in [2.05, 4.69) is 66.5 Å². The van der Waals surface area contributed by atoms with Crippen molar-refractivity contribution in [3.8, 4) is 11.1 Å². The highest BCUT2D eigenvalue weighted by Crippen LogP contribution is 2.17. The Morgan fingerprint density at radius 3 is 1.00 bits per heavy atom. The molecule has 0 atom stereocenters. The summed E-state index contributed by atoms with van der Waals surface area (Å²) in [6.07, 6.45) is 0. The summed E-state index contributed by atoms with van der Waals surface area (Å²) in [5.41, 5.74) is 2.55. The van der Waals surface area contributed by atoms with E-state index in [1.165, 1.54) is 11.1 Å². The van der Waals surface area contributed by atoms with Crippen molar-refractivity contribution in [3.63, 3.8) is 0 Å². The third-order valence-corrected chi connectivity index (χ3v) is 1.88. The van der Waals surface area contributed by atoms with Crippen LogP contribution >= 0.6 is 12.8 Å². The molecule has 0 saturated heterocycles. The molecule has 5 heteroatoms. The molecule has 0 bridgehead atoms. The van der Waals surface area contributed by atoms with E-state index in [0.717, 1.165) is 0 Å². The second-order valence-corrected chi connectivity index (χ2v) is 2.73. The summed E-state index contributed by atoms with van der Waals surface area (Å²) in [5.74, 6) is 0. The van der Waals surface area contributed by atoms with E-state index < -0.39 is 0 Å². The lowest BCUT2D eigenvalue weighted by atomic mass is 10.1. The maximum absolute atomic E-state index is 4.19. The Bertz CT molecular complexity index is 319. The molecule has 2 rings (SSSR count). The van der Waals surface area contributed by atoms with Crippen LogP contribution in [-0.2, 0) is 0 Å². The van der Waals surface area contributed by atoms with Gasteiger partial charge in [0.1, 0.15) is 0 Å². The third-order valence-electron chi connectivity index (χ3n) is 1.88. The highest BCUT2D eigenvalue weighted by Gasteiger charge is 1.91. The summed E-state index contributed by atoms with van der Waals surface area (Å²) in [4.78, 5) is 0. The van der Waals surface area contributed by atoms with Gasteiger partial charge in [-0.25, -0.2) is 0 Å². The quantitative estimate of drug-likeness (QED) is 0.755. The number of nitrogens with two attached hydrogens (primary N) is 1. The lowest BCUT2D eigenvalue weighted by Crippen LogP contribution is -1.73. The molecule has 0 radical (unpaired) electrons. The van der Waals surface area contributed by atoms with Crippen molar-refractivity contribution in [1.29, 1.82) is 0 Å². The van der Waals surface area contributed by atoms with Crippen molar-refractivity contribution < 1.29 is 14.1 Å². The van der Waals surface area contributed by atoms with Gasteiger partial charge in [0, 0.05) is 0 Å². The number of thiol groups is 1. The summed E-state index contributed by atoms with van der Waals surface area (Å²) < 4.78 is 0. The van der Waals surface area contributed by atoms with E-state index in [9.17, 15) is 0 Å². The average molecular weight is 263 g/mol. The Kier molecular flexibility index (Phi) is 15.5. The maximum Gasteiger partial charge on any atom is -0.0184 e. The van der Waals surface area contributed by atoms with Gasteiger partial charge in [0.25, 0.3) is 0 Å². The van der Waals surface area contributed by atoms with Crippen molar-refractivity contribution in [3.05, 3.63) is 60.7 Å².